The van der Waals surface area contributed by atoms with Gasteiger partial charge >= 0.3 is 5.97 Å². The summed E-state index contributed by atoms with van der Waals surface area (Å²) in [5.74, 6) is -2.98. The molecule has 1 saturated heterocycles. The molecule has 0 saturated carbocycles. The molecule has 144 valence electrons. The number of pyridine rings is 1. The van der Waals surface area contributed by atoms with Crippen molar-refractivity contribution in [2.24, 2.45) is 0 Å². The molecule has 0 radical (unpaired) electrons. The Morgan fingerprint density at radius 2 is 1.82 bits per heavy atom. The van der Waals surface area contributed by atoms with Crippen molar-refractivity contribution in [2.75, 3.05) is 36.9 Å². The lowest BCUT2D eigenvalue weighted by Crippen LogP contribution is -2.36. The van der Waals surface area contributed by atoms with E-state index < -0.39 is 23.3 Å². The van der Waals surface area contributed by atoms with Crippen molar-refractivity contribution in [2.45, 2.75) is 0 Å². The molecular formula is C18H16N4O6. The Bertz CT molecular complexity index is 1080. The molecule has 2 amide bonds. The van der Waals surface area contributed by atoms with Gasteiger partial charge in [-0.15, -0.1) is 0 Å². The summed E-state index contributed by atoms with van der Waals surface area (Å²) in [5.41, 5.74) is 5.63. The molecule has 0 aliphatic carbocycles. The fourth-order valence-electron chi connectivity index (χ4n) is 3.43. The minimum absolute atomic E-state index is 0.0222. The van der Waals surface area contributed by atoms with E-state index in [9.17, 15) is 24.3 Å². The first-order valence-electron chi connectivity index (χ1n) is 8.50. The maximum atomic E-state index is 12.7. The highest BCUT2D eigenvalue weighted by molar-refractivity contribution is 6.23. The van der Waals surface area contributed by atoms with E-state index in [2.05, 4.69) is 5.32 Å². The Morgan fingerprint density at radius 3 is 2.50 bits per heavy atom. The number of nitrogen functional groups attached to an aromatic ring is 1. The number of carboxylic acid groups (broad SMARTS) is 1. The molecule has 2 aliphatic heterocycles. The van der Waals surface area contributed by atoms with Crippen molar-refractivity contribution in [3.8, 4) is 5.69 Å². The van der Waals surface area contributed by atoms with E-state index >= 15 is 0 Å². The molecule has 0 atom stereocenters. The Kier molecular flexibility index (Phi) is 4.12. The van der Waals surface area contributed by atoms with Crippen LogP contribution < -0.4 is 21.5 Å². The number of rotatable bonds is 3. The molecule has 10 heteroatoms. The number of carbonyl (C=O) groups is 3. The highest BCUT2D eigenvalue weighted by Crippen LogP contribution is 2.28. The number of amides is 2. The van der Waals surface area contributed by atoms with Crippen molar-refractivity contribution in [1.82, 2.24) is 9.88 Å². The number of carbonyl (C=O) groups excluding carboxylic acids is 2. The van der Waals surface area contributed by atoms with Crippen LogP contribution in [0.2, 0.25) is 0 Å². The molecule has 28 heavy (non-hydrogen) atoms. The van der Waals surface area contributed by atoms with Crippen LogP contribution in [0.1, 0.15) is 31.1 Å². The zero-order chi connectivity index (χ0) is 20.0. The summed E-state index contributed by atoms with van der Waals surface area (Å²) in [4.78, 5) is 50.3. The van der Waals surface area contributed by atoms with Gasteiger partial charge in [-0.05, 0) is 18.2 Å². The number of ether oxygens (including phenoxy) is 1. The number of imide groups is 1. The number of aromatic carboxylic acids is 1. The standard InChI is InChI=1S/C18H16N4O6/c19-15-14-11(16(24)20-17(14)25)8-13(23)22(15)12-7-9(1-2-10(12)18(26)27)21-3-5-28-6-4-21/h1-2,7-8H,3-6,19H2,(H,26,27)(H,20,24,25). The second-order valence-corrected chi connectivity index (χ2v) is 6.38. The first-order valence-corrected chi connectivity index (χ1v) is 8.50. The van der Waals surface area contributed by atoms with Gasteiger partial charge in [0, 0.05) is 24.8 Å². The van der Waals surface area contributed by atoms with Gasteiger partial charge in [-0.2, -0.15) is 0 Å². The average molecular weight is 384 g/mol. The molecule has 1 fully saturated rings. The van der Waals surface area contributed by atoms with Crippen LogP contribution in [0.15, 0.2) is 29.1 Å². The van der Waals surface area contributed by atoms with Crippen LogP contribution in [0.5, 0.6) is 0 Å². The monoisotopic (exact) mass is 384 g/mol. The van der Waals surface area contributed by atoms with E-state index in [1.54, 1.807) is 6.07 Å². The number of nitrogens with one attached hydrogen (secondary N) is 1. The first-order chi connectivity index (χ1) is 13.4. The van der Waals surface area contributed by atoms with E-state index in [1.807, 2.05) is 4.90 Å². The summed E-state index contributed by atoms with van der Waals surface area (Å²) in [6, 6.07) is 5.54. The van der Waals surface area contributed by atoms with Crippen molar-refractivity contribution in [3.05, 3.63) is 51.3 Å². The number of anilines is 2. The predicted octanol–water partition coefficient (Wildman–Crippen LogP) is -0.162. The third kappa shape index (κ3) is 2.70. The second-order valence-electron chi connectivity index (χ2n) is 6.38. The summed E-state index contributed by atoms with van der Waals surface area (Å²) in [6.07, 6.45) is 0. The number of benzene rings is 1. The molecule has 10 nitrogen and oxygen atoms in total. The number of morpholine rings is 1. The number of carboxylic acids is 1. The van der Waals surface area contributed by atoms with Gasteiger partial charge in [-0.3, -0.25) is 24.3 Å². The van der Waals surface area contributed by atoms with E-state index in [4.69, 9.17) is 10.5 Å². The van der Waals surface area contributed by atoms with E-state index in [1.165, 1.54) is 12.1 Å². The van der Waals surface area contributed by atoms with Crippen LogP contribution in [0.25, 0.3) is 5.69 Å². The topological polar surface area (TPSA) is 144 Å². The second kappa shape index (κ2) is 6.50. The largest absolute Gasteiger partial charge is 0.478 e. The minimum atomic E-state index is -1.25. The quantitative estimate of drug-likeness (QED) is 0.619. The Hall–Kier alpha value is -3.66. The normalized spacial score (nSPS) is 16.1. The maximum Gasteiger partial charge on any atom is 0.337 e. The Balaban J connectivity index is 1.94. The van der Waals surface area contributed by atoms with Gasteiger partial charge < -0.3 is 20.5 Å². The SMILES string of the molecule is Nc1c2c(cc(=O)n1-c1cc(N3CCOCC3)ccc1C(=O)O)C(=O)NC2=O. The molecule has 2 aromatic rings. The van der Waals surface area contributed by atoms with Gasteiger partial charge in [0.05, 0.1) is 35.6 Å². The molecule has 4 rings (SSSR count). The highest BCUT2D eigenvalue weighted by atomic mass is 16.5. The van der Waals surface area contributed by atoms with Crippen LogP contribution in [0.4, 0.5) is 11.5 Å². The maximum absolute atomic E-state index is 12.7. The van der Waals surface area contributed by atoms with Gasteiger partial charge in [0.15, 0.2) is 0 Å². The fourth-order valence-corrected chi connectivity index (χ4v) is 3.43. The lowest BCUT2D eigenvalue weighted by atomic mass is 10.1. The van der Waals surface area contributed by atoms with Gasteiger partial charge in [0.2, 0.25) is 0 Å². The molecule has 0 unspecified atom stereocenters. The summed E-state index contributed by atoms with van der Waals surface area (Å²) >= 11 is 0. The van der Waals surface area contributed by atoms with Crippen molar-refractivity contribution in [3.63, 3.8) is 0 Å². The molecular weight excluding hydrogens is 368 g/mol. The third-order valence-electron chi connectivity index (χ3n) is 4.78. The first kappa shape index (κ1) is 17.7. The Morgan fingerprint density at radius 1 is 1.11 bits per heavy atom. The van der Waals surface area contributed by atoms with Crippen LogP contribution in [0, 0.1) is 0 Å². The predicted molar refractivity (Wildman–Crippen MR) is 98.2 cm³/mol. The highest BCUT2D eigenvalue weighted by Gasteiger charge is 2.32. The number of hydrogen-bond donors (Lipinski definition) is 3. The van der Waals surface area contributed by atoms with Crippen molar-refractivity contribution >= 4 is 29.3 Å². The molecule has 0 bridgehead atoms. The smallest absolute Gasteiger partial charge is 0.337 e. The number of aromatic nitrogens is 1. The summed E-state index contributed by atoms with van der Waals surface area (Å²) in [5, 5.41) is 11.7. The van der Waals surface area contributed by atoms with E-state index in [0.29, 0.717) is 32.0 Å². The zero-order valence-electron chi connectivity index (χ0n) is 14.6. The average Bonchev–Trinajstić information content (AvgIpc) is 2.95. The molecule has 2 aliphatic rings. The van der Waals surface area contributed by atoms with Gasteiger partial charge in [-0.25, -0.2) is 4.79 Å². The molecule has 1 aromatic heterocycles. The summed E-state index contributed by atoms with van der Waals surface area (Å²) in [7, 11) is 0. The van der Waals surface area contributed by atoms with E-state index in [-0.39, 0.29) is 28.2 Å². The number of nitrogens with two attached hydrogens (primary N) is 1. The Labute approximate surface area is 158 Å². The van der Waals surface area contributed by atoms with Crippen molar-refractivity contribution in [1.29, 1.82) is 0 Å². The van der Waals surface area contributed by atoms with E-state index in [0.717, 1.165) is 10.6 Å². The minimum Gasteiger partial charge on any atom is -0.478 e. The molecule has 1 aromatic carbocycles. The van der Waals surface area contributed by atoms with Crippen LogP contribution >= 0.6 is 0 Å². The molecule has 4 N–H and O–H groups in total. The van der Waals surface area contributed by atoms with Gasteiger partial charge in [0.1, 0.15) is 5.82 Å². The molecule has 3 heterocycles. The zero-order valence-corrected chi connectivity index (χ0v) is 14.6. The summed E-state index contributed by atoms with van der Waals surface area (Å²) in [6.45, 7) is 2.27. The number of nitrogens with zero attached hydrogens (tertiary/aromatic N) is 2. The molecule has 0 spiro atoms. The lowest BCUT2D eigenvalue weighted by molar-refractivity contribution is 0.0696. The van der Waals surface area contributed by atoms with Crippen LogP contribution in [-0.2, 0) is 4.74 Å². The number of hydrogen-bond acceptors (Lipinski definition) is 7. The van der Waals surface area contributed by atoms with Crippen LogP contribution in [-0.4, -0.2) is 53.8 Å². The van der Waals surface area contributed by atoms with Gasteiger partial charge in [-0.1, -0.05) is 0 Å². The third-order valence-corrected chi connectivity index (χ3v) is 4.78. The van der Waals surface area contributed by atoms with Crippen LogP contribution in [0.3, 0.4) is 0 Å². The lowest BCUT2D eigenvalue weighted by Gasteiger charge is -2.29. The van der Waals surface area contributed by atoms with Crippen molar-refractivity contribution < 1.29 is 24.2 Å². The summed E-state index contributed by atoms with van der Waals surface area (Å²) < 4.78 is 6.27. The number of fused-ring (bicyclic) bond motifs is 1. The van der Waals surface area contributed by atoms with Gasteiger partial charge in [0.25, 0.3) is 17.4 Å². The fraction of sp³-hybridized carbons (Fsp3) is 0.222.